The van der Waals surface area contributed by atoms with E-state index in [0.717, 1.165) is 25.7 Å². The minimum Gasteiger partial charge on any atom is -0.373 e. The van der Waals surface area contributed by atoms with Crippen LogP contribution >= 0.6 is 0 Å². The first-order valence-corrected chi connectivity index (χ1v) is 26.1. The van der Waals surface area contributed by atoms with E-state index in [4.69, 9.17) is 0 Å². The lowest BCUT2D eigenvalue weighted by Gasteiger charge is -2.49. The van der Waals surface area contributed by atoms with E-state index >= 15 is 0 Å². The monoisotopic (exact) mass is 891 g/mol. The SMILES string of the molecule is CCCc1cc2c(cc1-c1ccccc1C)-c1c3c(cc4c1C(C)(C)C1CC=CC=C41)N(c1ccc4c(c1)C(C)(C)CCC4(C)C)c1cc4c(cc1N3B2c1ccc(C)cc1)C(C)(C)CC4(C)C. The molecule has 3 heteroatoms. The lowest BCUT2D eigenvalue weighted by Crippen LogP contribution is -2.59. The van der Waals surface area contributed by atoms with Gasteiger partial charge in [-0.1, -0.05) is 172 Å². The average Bonchev–Trinajstić information content (AvgIpc) is 3.64. The van der Waals surface area contributed by atoms with Crippen molar-refractivity contribution in [2.45, 2.75) is 156 Å². The lowest BCUT2D eigenvalue weighted by atomic mass is 9.44. The Morgan fingerprint density at radius 3 is 2.00 bits per heavy atom. The predicted octanol–water partition coefficient (Wildman–Crippen LogP) is 16.2. The van der Waals surface area contributed by atoms with Crippen LogP contribution < -0.4 is 20.6 Å². The Hall–Kier alpha value is -5.54. The quantitative estimate of drug-likeness (QED) is 0.159. The maximum Gasteiger partial charge on any atom is 0.328 e. The van der Waals surface area contributed by atoms with Crippen molar-refractivity contribution in [1.29, 1.82) is 0 Å². The van der Waals surface area contributed by atoms with Gasteiger partial charge in [-0.2, -0.15) is 0 Å². The molecule has 344 valence electrons. The Morgan fingerprint density at radius 2 is 1.29 bits per heavy atom. The van der Waals surface area contributed by atoms with Crippen LogP contribution in [0.2, 0.25) is 0 Å². The molecule has 0 saturated carbocycles. The molecule has 12 rings (SSSR count). The van der Waals surface area contributed by atoms with Crippen LogP contribution in [-0.2, 0) is 33.5 Å². The summed E-state index contributed by atoms with van der Waals surface area (Å²) in [6.45, 7) is 31.8. The number of anilines is 5. The first-order chi connectivity index (χ1) is 32.2. The van der Waals surface area contributed by atoms with E-state index in [2.05, 4.69) is 215 Å². The smallest absolute Gasteiger partial charge is 0.328 e. The van der Waals surface area contributed by atoms with Crippen LogP contribution in [0.5, 0.6) is 0 Å². The normalized spacial score (nSPS) is 21.0. The van der Waals surface area contributed by atoms with E-state index in [1.165, 1.54) is 130 Å². The largest absolute Gasteiger partial charge is 0.373 e. The zero-order chi connectivity index (χ0) is 47.6. The van der Waals surface area contributed by atoms with Gasteiger partial charge in [-0.3, -0.25) is 0 Å². The summed E-state index contributed by atoms with van der Waals surface area (Å²) in [6, 6.07) is 39.6. The highest BCUT2D eigenvalue weighted by atomic mass is 15.3. The van der Waals surface area contributed by atoms with Crippen molar-refractivity contribution in [3.8, 4) is 22.3 Å². The summed E-state index contributed by atoms with van der Waals surface area (Å²) in [5.74, 6) is 0.400. The molecule has 0 saturated heterocycles. The summed E-state index contributed by atoms with van der Waals surface area (Å²) in [6.07, 6.45) is 13.9. The molecule has 2 aliphatic heterocycles. The number of fused-ring (bicyclic) bond motifs is 10. The van der Waals surface area contributed by atoms with E-state index in [-0.39, 0.29) is 33.9 Å². The number of hydrogen-bond acceptors (Lipinski definition) is 2. The molecule has 0 aromatic heterocycles. The number of benzene rings is 6. The standard InChI is InChI=1S/C65H71BN2/c1-14-19-41-32-54-48(34-46(41)44-21-16-15-20-40(44)3)58-59-47(45-22-17-18-23-49(45)65(59,12)13)35-57-60(58)68(66(54)42-26-24-39(2)25-27-42)56-37-53-52(63(8,9)38-64(53,10)11)36-55(56)67(57)43-28-29-50-51(33-43)62(6,7)31-30-61(50,4)5/h15-18,20-22,24-29,32-37,49H,14,19,23,30-31,38H2,1-13H3. The van der Waals surface area contributed by atoms with Crippen molar-refractivity contribution in [1.82, 2.24) is 0 Å². The summed E-state index contributed by atoms with van der Waals surface area (Å²) in [7, 11) is 0. The molecular formula is C65H71BN2. The van der Waals surface area contributed by atoms with Crippen LogP contribution in [-0.4, -0.2) is 6.85 Å². The van der Waals surface area contributed by atoms with Crippen LogP contribution in [0.3, 0.4) is 0 Å². The first kappa shape index (κ1) is 43.7. The zero-order valence-corrected chi connectivity index (χ0v) is 43.3. The van der Waals surface area contributed by atoms with Crippen molar-refractivity contribution >= 4 is 51.8 Å². The molecule has 68 heavy (non-hydrogen) atoms. The van der Waals surface area contributed by atoms with Gasteiger partial charge >= 0.3 is 6.85 Å². The maximum absolute atomic E-state index is 2.87. The lowest BCUT2D eigenvalue weighted by molar-refractivity contribution is 0.332. The summed E-state index contributed by atoms with van der Waals surface area (Å²) in [4.78, 5) is 5.61. The first-order valence-electron chi connectivity index (χ1n) is 26.1. The molecule has 6 aliphatic rings. The Balaban J connectivity index is 1.28. The zero-order valence-electron chi connectivity index (χ0n) is 43.3. The van der Waals surface area contributed by atoms with Crippen LogP contribution in [0.25, 0.3) is 27.8 Å². The van der Waals surface area contributed by atoms with Crippen molar-refractivity contribution in [2.24, 2.45) is 5.92 Å². The van der Waals surface area contributed by atoms with Gasteiger partial charge in [-0.25, -0.2) is 0 Å². The molecule has 0 bridgehead atoms. The van der Waals surface area contributed by atoms with Gasteiger partial charge in [0.25, 0.3) is 0 Å². The summed E-state index contributed by atoms with van der Waals surface area (Å²) < 4.78 is 0. The Bertz CT molecular complexity index is 3200. The van der Waals surface area contributed by atoms with Crippen LogP contribution in [0.4, 0.5) is 28.4 Å². The third-order valence-corrected chi connectivity index (χ3v) is 18.2. The van der Waals surface area contributed by atoms with E-state index in [1.807, 2.05) is 0 Å². The molecule has 6 aromatic rings. The molecule has 2 heterocycles. The molecule has 1 atom stereocenters. The third-order valence-electron chi connectivity index (χ3n) is 18.2. The molecule has 6 aromatic carbocycles. The van der Waals surface area contributed by atoms with Crippen molar-refractivity contribution in [3.05, 3.63) is 165 Å². The molecule has 0 fully saturated rings. The van der Waals surface area contributed by atoms with Crippen LogP contribution in [0.15, 0.2) is 115 Å². The molecular weight excluding hydrogens is 820 g/mol. The van der Waals surface area contributed by atoms with Gasteiger partial charge in [-0.05, 0) is 188 Å². The number of nitrogens with zero attached hydrogens (tertiary/aromatic N) is 2. The Morgan fingerprint density at radius 1 is 0.618 bits per heavy atom. The molecule has 0 amide bonds. The second-order valence-corrected chi connectivity index (χ2v) is 25.1. The predicted molar refractivity (Wildman–Crippen MR) is 293 cm³/mol. The van der Waals surface area contributed by atoms with Gasteiger partial charge in [0, 0.05) is 11.3 Å². The average molecular weight is 891 g/mol. The van der Waals surface area contributed by atoms with E-state index in [9.17, 15) is 0 Å². The highest BCUT2D eigenvalue weighted by Gasteiger charge is 2.53. The number of aryl methyl sites for hydroxylation is 3. The van der Waals surface area contributed by atoms with Gasteiger partial charge in [0.15, 0.2) is 0 Å². The number of rotatable bonds is 5. The Kier molecular flexibility index (Phi) is 9.33. The molecule has 0 spiro atoms. The minimum atomic E-state index is -0.0999. The third kappa shape index (κ3) is 6.08. The summed E-state index contributed by atoms with van der Waals surface area (Å²) in [5, 5.41) is 0. The second-order valence-electron chi connectivity index (χ2n) is 25.1. The van der Waals surface area contributed by atoms with Crippen LogP contribution in [0, 0.1) is 19.8 Å². The highest BCUT2D eigenvalue weighted by molar-refractivity contribution is 6.91. The van der Waals surface area contributed by atoms with Gasteiger partial charge in [0.05, 0.1) is 22.7 Å². The second kappa shape index (κ2) is 14.5. The van der Waals surface area contributed by atoms with Crippen molar-refractivity contribution in [2.75, 3.05) is 9.71 Å². The van der Waals surface area contributed by atoms with E-state index in [1.54, 1.807) is 0 Å². The van der Waals surface area contributed by atoms with Gasteiger partial charge in [0.1, 0.15) is 0 Å². The van der Waals surface area contributed by atoms with Gasteiger partial charge < -0.3 is 9.71 Å². The van der Waals surface area contributed by atoms with Crippen molar-refractivity contribution in [3.63, 3.8) is 0 Å². The highest BCUT2D eigenvalue weighted by Crippen LogP contribution is 2.66. The molecule has 0 N–H and O–H groups in total. The minimum absolute atomic E-state index is 0.0299. The fraction of sp³-hybridized carbons (Fsp3) is 0.385. The molecule has 4 aliphatic carbocycles. The van der Waals surface area contributed by atoms with E-state index in [0.29, 0.717) is 5.92 Å². The topological polar surface area (TPSA) is 6.48 Å². The van der Waals surface area contributed by atoms with Gasteiger partial charge in [0.2, 0.25) is 0 Å². The number of allylic oxidation sites excluding steroid dienone is 4. The molecule has 0 radical (unpaired) electrons. The fourth-order valence-electron chi connectivity index (χ4n) is 14.8. The van der Waals surface area contributed by atoms with Crippen molar-refractivity contribution < 1.29 is 0 Å². The fourth-order valence-corrected chi connectivity index (χ4v) is 14.8. The summed E-state index contributed by atoms with van der Waals surface area (Å²) in [5.41, 5.74) is 29.6. The molecule has 1 unspecified atom stereocenters. The number of hydrogen-bond donors (Lipinski definition) is 0. The maximum atomic E-state index is 2.87. The molecule has 2 nitrogen and oxygen atoms in total. The van der Waals surface area contributed by atoms with Gasteiger partial charge in [-0.15, -0.1) is 0 Å². The van der Waals surface area contributed by atoms with Crippen LogP contribution in [0.1, 0.15) is 158 Å². The van der Waals surface area contributed by atoms with E-state index < -0.39 is 0 Å². The summed E-state index contributed by atoms with van der Waals surface area (Å²) >= 11 is 0. The Labute approximate surface area is 408 Å².